The lowest BCUT2D eigenvalue weighted by atomic mass is 10.1. The van der Waals surface area contributed by atoms with Crippen molar-refractivity contribution in [3.8, 4) is 5.75 Å². The third-order valence-corrected chi connectivity index (χ3v) is 2.59. The minimum absolute atomic E-state index is 0.0318. The number of aromatic nitrogens is 2. The molecular weight excluding hydrogens is 285 g/mol. The fraction of sp³-hybridized carbons (Fsp3) is 0.214. The summed E-state index contributed by atoms with van der Waals surface area (Å²) >= 11 is 0. The number of hydrogen-bond donors (Lipinski definition) is 0. The monoisotopic (exact) mass is 296 g/mol. The molecule has 0 fully saturated rings. The van der Waals surface area contributed by atoms with E-state index < -0.39 is 6.36 Å². The van der Waals surface area contributed by atoms with Gasteiger partial charge in [0.15, 0.2) is 5.78 Å². The van der Waals surface area contributed by atoms with Gasteiger partial charge < -0.3 is 4.74 Å². The van der Waals surface area contributed by atoms with Gasteiger partial charge in [-0.15, -0.1) is 13.2 Å². The average Bonchev–Trinajstić information content (AvgIpc) is 2.40. The van der Waals surface area contributed by atoms with Crippen molar-refractivity contribution in [2.45, 2.75) is 19.7 Å². The fourth-order valence-electron chi connectivity index (χ4n) is 1.62. The Morgan fingerprint density at radius 1 is 1.14 bits per heavy atom. The van der Waals surface area contributed by atoms with E-state index in [9.17, 15) is 18.0 Å². The number of hydrogen-bond acceptors (Lipinski definition) is 4. The maximum atomic E-state index is 12.0. The molecule has 0 spiro atoms. The Kier molecular flexibility index (Phi) is 4.21. The van der Waals surface area contributed by atoms with Crippen LogP contribution in [0.2, 0.25) is 0 Å². The largest absolute Gasteiger partial charge is 0.573 e. The van der Waals surface area contributed by atoms with E-state index in [-0.39, 0.29) is 23.6 Å². The van der Waals surface area contributed by atoms with Crippen LogP contribution in [0.15, 0.2) is 36.7 Å². The number of ether oxygens (including phenoxy) is 1. The number of benzene rings is 1. The molecule has 0 aliphatic carbocycles. The molecule has 0 aliphatic heterocycles. The molecule has 1 heterocycles. The molecule has 2 rings (SSSR count). The summed E-state index contributed by atoms with van der Waals surface area (Å²) in [6, 6.07) is 5.13. The normalized spacial score (nSPS) is 11.2. The summed E-state index contributed by atoms with van der Waals surface area (Å²) in [6.45, 7) is 1.75. The molecule has 1 aromatic carbocycles. The van der Waals surface area contributed by atoms with Crippen LogP contribution in [-0.4, -0.2) is 22.1 Å². The second-order valence-corrected chi connectivity index (χ2v) is 4.33. The maximum absolute atomic E-state index is 12.0. The summed E-state index contributed by atoms with van der Waals surface area (Å²) in [7, 11) is 0. The third-order valence-electron chi connectivity index (χ3n) is 2.59. The SMILES string of the molecule is Cc1cnc(C(=O)Cc2ccc(OC(F)(F)F)cc2)cn1. The Morgan fingerprint density at radius 3 is 2.33 bits per heavy atom. The van der Waals surface area contributed by atoms with Crippen LogP contribution in [-0.2, 0) is 6.42 Å². The van der Waals surface area contributed by atoms with E-state index in [0.717, 1.165) is 12.1 Å². The maximum Gasteiger partial charge on any atom is 0.573 e. The lowest BCUT2D eigenvalue weighted by Crippen LogP contribution is -2.17. The van der Waals surface area contributed by atoms with Gasteiger partial charge in [0.2, 0.25) is 0 Å². The van der Waals surface area contributed by atoms with Gasteiger partial charge in [-0.2, -0.15) is 0 Å². The zero-order chi connectivity index (χ0) is 15.5. The topological polar surface area (TPSA) is 52.1 Å². The molecule has 110 valence electrons. The highest BCUT2D eigenvalue weighted by Gasteiger charge is 2.30. The van der Waals surface area contributed by atoms with Gasteiger partial charge in [-0.1, -0.05) is 12.1 Å². The van der Waals surface area contributed by atoms with Crippen LogP contribution in [0.4, 0.5) is 13.2 Å². The summed E-state index contributed by atoms with van der Waals surface area (Å²) in [4.78, 5) is 19.8. The van der Waals surface area contributed by atoms with Gasteiger partial charge in [0.25, 0.3) is 0 Å². The van der Waals surface area contributed by atoms with Crippen molar-refractivity contribution >= 4 is 5.78 Å². The van der Waals surface area contributed by atoms with Gasteiger partial charge in [-0.25, -0.2) is 4.98 Å². The van der Waals surface area contributed by atoms with Crippen LogP contribution in [0.5, 0.6) is 5.75 Å². The minimum Gasteiger partial charge on any atom is -0.406 e. The van der Waals surface area contributed by atoms with Crippen molar-refractivity contribution in [3.05, 3.63) is 53.6 Å². The summed E-state index contributed by atoms with van der Waals surface area (Å²) in [6.07, 6.45) is -1.84. The molecule has 0 saturated carbocycles. The van der Waals surface area contributed by atoms with Crippen molar-refractivity contribution in [1.29, 1.82) is 0 Å². The molecule has 0 saturated heterocycles. The Balaban J connectivity index is 2.03. The molecule has 4 nitrogen and oxygen atoms in total. The Morgan fingerprint density at radius 2 is 1.81 bits per heavy atom. The van der Waals surface area contributed by atoms with Gasteiger partial charge in [0.1, 0.15) is 11.4 Å². The van der Waals surface area contributed by atoms with Gasteiger partial charge in [-0.3, -0.25) is 9.78 Å². The number of alkyl halides is 3. The molecule has 0 unspecified atom stereocenters. The molecule has 21 heavy (non-hydrogen) atoms. The number of ketones is 1. The number of carbonyl (C=O) groups is 1. The number of nitrogens with zero attached hydrogens (tertiary/aromatic N) is 2. The highest BCUT2D eigenvalue weighted by Crippen LogP contribution is 2.23. The van der Waals surface area contributed by atoms with E-state index in [2.05, 4.69) is 14.7 Å². The Labute approximate surface area is 118 Å². The van der Waals surface area contributed by atoms with E-state index in [1.807, 2.05) is 0 Å². The molecular formula is C14H11F3N2O2. The summed E-state index contributed by atoms with van der Waals surface area (Å²) in [5, 5.41) is 0. The number of rotatable bonds is 4. The molecule has 0 aliphatic rings. The van der Waals surface area contributed by atoms with Gasteiger partial charge >= 0.3 is 6.36 Å². The number of carbonyl (C=O) groups excluding carboxylic acids is 1. The van der Waals surface area contributed by atoms with Crippen LogP contribution in [0.3, 0.4) is 0 Å². The van der Waals surface area contributed by atoms with Crippen LogP contribution < -0.4 is 4.74 Å². The van der Waals surface area contributed by atoms with Crippen LogP contribution in [0.1, 0.15) is 21.7 Å². The van der Waals surface area contributed by atoms with Crippen LogP contribution >= 0.6 is 0 Å². The van der Waals surface area contributed by atoms with Gasteiger partial charge in [-0.05, 0) is 24.6 Å². The van der Waals surface area contributed by atoms with Crippen molar-refractivity contribution in [3.63, 3.8) is 0 Å². The van der Waals surface area contributed by atoms with Gasteiger partial charge in [0.05, 0.1) is 11.9 Å². The van der Waals surface area contributed by atoms with Crippen LogP contribution in [0, 0.1) is 6.92 Å². The highest BCUT2D eigenvalue weighted by molar-refractivity contribution is 5.95. The average molecular weight is 296 g/mol. The van der Waals surface area contributed by atoms with E-state index in [4.69, 9.17) is 0 Å². The molecule has 2 aromatic rings. The van der Waals surface area contributed by atoms with E-state index >= 15 is 0 Å². The van der Waals surface area contributed by atoms with Gasteiger partial charge in [0, 0.05) is 12.6 Å². The molecule has 0 amide bonds. The third kappa shape index (κ3) is 4.55. The number of Topliss-reactive ketones (excluding diaryl/α,β-unsaturated/α-hetero) is 1. The number of aryl methyl sites for hydroxylation is 1. The lowest BCUT2D eigenvalue weighted by molar-refractivity contribution is -0.274. The smallest absolute Gasteiger partial charge is 0.406 e. The first-order valence-corrected chi connectivity index (χ1v) is 6.00. The number of halogens is 3. The van der Waals surface area contributed by atoms with E-state index in [1.54, 1.807) is 6.92 Å². The second-order valence-electron chi connectivity index (χ2n) is 4.33. The molecule has 1 aromatic heterocycles. The predicted molar refractivity (Wildman–Crippen MR) is 67.9 cm³/mol. The summed E-state index contributed by atoms with van der Waals surface area (Å²) in [5.41, 5.74) is 1.48. The van der Waals surface area contributed by atoms with E-state index in [1.165, 1.54) is 24.5 Å². The van der Waals surface area contributed by atoms with Crippen LogP contribution in [0.25, 0.3) is 0 Å². The first-order valence-electron chi connectivity index (χ1n) is 6.00. The lowest BCUT2D eigenvalue weighted by Gasteiger charge is -2.09. The molecule has 0 bridgehead atoms. The van der Waals surface area contributed by atoms with Crippen molar-refractivity contribution in [2.24, 2.45) is 0 Å². The van der Waals surface area contributed by atoms with Crippen molar-refractivity contribution in [2.75, 3.05) is 0 Å². The first-order chi connectivity index (χ1) is 9.83. The van der Waals surface area contributed by atoms with Crippen molar-refractivity contribution in [1.82, 2.24) is 9.97 Å². The van der Waals surface area contributed by atoms with Crippen molar-refractivity contribution < 1.29 is 22.7 Å². The molecule has 7 heteroatoms. The second kappa shape index (κ2) is 5.90. The zero-order valence-electron chi connectivity index (χ0n) is 11.0. The molecule has 0 N–H and O–H groups in total. The molecule has 0 radical (unpaired) electrons. The summed E-state index contributed by atoms with van der Waals surface area (Å²) < 4.78 is 39.8. The Hall–Kier alpha value is -2.44. The fourth-order valence-corrected chi connectivity index (χ4v) is 1.62. The zero-order valence-corrected chi connectivity index (χ0v) is 11.0. The minimum atomic E-state index is -4.73. The Bertz CT molecular complexity index is 622. The van der Waals surface area contributed by atoms with E-state index in [0.29, 0.717) is 11.3 Å². The predicted octanol–water partition coefficient (Wildman–Crippen LogP) is 3.11. The summed E-state index contributed by atoms with van der Waals surface area (Å²) in [5.74, 6) is -0.583. The molecule has 0 atom stereocenters. The first kappa shape index (κ1) is 15.0. The standard InChI is InChI=1S/C14H11F3N2O2/c1-9-7-19-12(8-18-9)13(20)6-10-2-4-11(5-3-10)21-14(15,16)17/h2-5,7-8H,6H2,1H3. The quantitative estimate of drug-likeness (QED) is 0.813. The highest BCUT2D eigenvalue weighted by atomic mass is 19.4.